The summed E-state index contributed by atoms with van der Waals surface area (Å²) < 4.78 is 43.3. The number of nitrogens with zero attached hydrogens (tertiary/aromatic N) is 4. The zero-order valence-corrected chi connectivity index (χ0v) is 21.1. The number of alkyl halides is 3. The van der Waals surface area contributed by atoms with Crippen LogP contribution >= 0.6 is 11.3 Å². The highest BCUT2D eigenvalue weighted by Crippen LogP contribution is 2.29. The average Bonchev–Trinajstić information content (AvgIpc) is 3.33. The van der Waals surface area contributed by atoms with Crippen molar-refractivity contribution in [2.45, 2.75) is 31.9 Å². The monoisotopic (exact) mass is 536 g/mol. The molecule has 9 nitrogen and oxygen atoms in total. The number of piperazine rings is 1. The van der Waals surface area contributed by atoms with E-state index in [0.717, 1.165) is 30.0 Å². The Labute approximate surface area is 216 Å². The molecule has 0 radical (unpaired) electrons. The van der Waals surface area contributed by atoms with Crippen molar-refractivity contribution in [1.82, 2.24) is 25.3 Å². The number of amides is 2. The van der Waals surface area contributed by atoms with E-state index in [4.69, 9.17) is 0 Å². The number of ether oxygens (including phenoxy) is 1. The van der Waals surface area contributed by atoms with Gasteiger partial charge >= 0.3 is 6.36 Å². The van der Waals surface area contributed by atoms with Crippen LogP contribution in [0.25, 0.3) is 10.6 Å². The number of carbonyl (C=O) groups is 2. The number of halogens is 3. The Morgan fingerprint density at radius 2 is 1.81 bits per heavy atom. The van der Waals surface area contributed by atoms with Gasteiger partial charge in [-0.1, -0.05) is 47.7 Å². The molecule has 1 aliphatic heterocycles. The molecule has 2 unspecified atom stereocenters. The van der Waals surface area contributed by atoms with Gasteiger partial charge in [0, 0.05) is 43.0 Å². The van der Waals surface area contributed by atoms with Crippen LogP contribution in [-0.4, -0.2) is 83.5 Å². The minimum atomic E-state index is -4.91. The summed E-state index contributed by atoms with van der Waals surface area (Å²) in [6, 6.07) is 8.73. The maximum absolute atomic E-state index is 13.0. The summed E-state index contributed by atoms with van der Waals surface area (Å²) >= 11 is 1.16. The molecule has 2 amide bonds. The van der Waals surface area contributed by atoms with Crippen LogP contribution in [0.2, 0.25) is 0 Å². The molecule has 2 N–H and O–H groups in total. The third-order valence-electron chi connectivity index (χ3n) is 6.15. The fourth-order valence-electron chi connectivity index (χ4n) is 3.99. The number of aromatic nitrogens is 2. The number of benzene rings is 1. The molecule has 0 spiro atoms. The van der Waals surface area contributed by atoms with E-state index in [2.05, 4.69) is 30.5 Å². The Balaban J connectivity index is 1.46. The van der Waals surface area contributed by atoms with E-state index in [1.807, 2.05) is 42.3 Å². The second-order valence-corrected chi connectivity index (χ2v) is 9.76. The highest BCUT2D eigenvalue weighted by molar-refractivity contribution is 7.18. The average molecular weight is 537 g/mol. The molecule has 1 aliphatic carbocycles. The van der Waals surface area contributed by atoms with Crippen molar-refractivity contribution in [1.29, 1.82) is 0 Å². The predicted octanol–water partition coefficient (Wildman–Crippen LogP) is 3.01. The van der Waals surface area contributed by atoms with Gasteiger partial charge in [-0.05, 0) is 26.5 Å². The summed E-state index contributed by atoms with van der Waals surface area (Å²) in [7, 11) is 1.98. The van der Waals surface area contributed by atoms with E-state index in [1.54, 1.807) is 6.92 Å². The third-order valence-corrected chi connectivity index (χ3v) is 7.03. The van der Waals surface area contributed by atoms with Crippen LogP contribution in [0.1, 0.15) is 13.3 Å². The molecule has 1 aromatic carbocycles. The molecule has 2 atom stereocenters. The van der Waals surface area contributed by atoms with Crippen molar-refractivity contribution >= 4 is 28.3 Å². The van der Waals surface area contributed by atoms with Gasteiger partial charge in [0.2, 0.25) is 11.0 Å². The number of rotatable bonds is 7. The van der Waals surface area contributed by atoms with Gasteiger partial charge in [-0.2, -0.15) is 0 Å². The summed E-state index contributed by atoms with van der Waals surface area (Å²) in [5.74, 6) is -1.05. The molecular formula is C24H27F3N6O3S. The fraction of sp³-hybridized carbons (Fsp3) is 0.417. The van der Waals surface area contributed by atoms with Crippen LogP contribution in [0.4, 0.5) is 18.3 Å². The Morgan fingerprint density at radius 1 is 1.11 bits per heavy atom. The van der Waals surface area contributed by atoms with Gasteiger partial charge < -0.3 is 10.2 Å². The summed E-state index contributed by atoms with van der Waals surface area (Å²) in [6.07, 6.45) is -4.09. The molecule has 37 heavy (non-hydrogen) atoms. The number of hydrogen-bond acceptors (Lipinski definition) is 8. The van der Waals surface area contributed by atoms with Crippen molar-refractivity contribution in [3.63, 3.8) is 0 Å². The Morgan fingerprint density at radius 3 is 2.49 bits per heavy atom. The molecule has 0 saturated carbocycles. The summed E-state index contributed by atoms with van der Waals surface area (Å²) in [5.41, 5.74) is 0.795. The zero-order chi connectivity index (χ0) is 26.6. The Kier molecular flexibility index (Phi) is 8.37. The number of hydrogen-bond donors (Lipinski definition) is 2. The van der Waals surface area contributed by atoms with Gasteiger partial charge in [-0.15, -0.1) is 23.4 Å². The Hall–Kier alpha value is -3.13. The molecule has 1 aromatic heterocycles. The molecule has 4 rings (SSSR count). The summed E-state index contributed by atoms with van der Waals surface area (Å²) in [6.45, 7) is 4.59. The first-order valence-corrected chi connectivity index (χ1v) is 12.5. The quantitative estimate of drug-likeness (QED) is 0.561. The minimum absolute atomic E-state index is 0.0843. The highest BCUT2D eigenvalue weighted by Gasteiger charge is 2.37. The molecule has 2 aromatic rings. The smallest absolute Gasteiger partial charge is 0.326 e. The Bertz CT molecular complexity index is 1180. The van der Waals surface area contributed by atoms with E-state index < -0.39 is 30.3 Å². The van der Waals surface area contributed by atoms with Gasteiger partial charge in [-0.25, -0.2) is 0 Å². The molecule has 2 heterocycles. The number of nitrogens with one attached hydrogen (secondary N) is 2. The van der Waals surface area contributed by atoms with E-state index in [-0.39, 0.29) is 22.8 Å². The fourth-order valence-corrected chi connectivity index (χ4v) is 4.73. The van der Waals surface area contributed by atoms with Crippen LogP contribution in [0.15, 0.2) is 53.8 Å². The van der Waals surface area contributed by atoms with Crippen molar-refractivity contribution in [3.8, 4) is 10.6 Å². The van der Waals surface area contributed by atoms with Gasteiger partial charge in [0.15, 0.2) is 0 Å². The lowest BCUT2D eigenvalue weighted by atomic mass is 10.0. The molecule has 198 valence electrons. The number of carbonyl (C=O) groups excluding carboxylic acids is 2. The van der Waals surface area contributed by atoms with E-state index >= 15 is 0 Å². The lowest BCUT2D eigenvalue weighted by Gasteiger charge is -2.36. The van der Waals surface area contributed by atoms with Crippen LogP contribution in [0.5, 0.6) is 0 Å². The SMILES string of the molecule is CC(C(=O)NC1=CC(C(=O)Nc2nnc(-c3ccccc3)s2)=CCC1OC(F)(F)F)N1CCN(C)CC1. The maximum Gasteiger partial charge on any atom is 0.523 e. The van der Waals surface area contributed by atoms with Crippen molar-refractivity contribution in [3.05, 3.63) is 53.8 Å². The third kappa shape index (κ3) is 7.22. The first-order chi connectivity index (χ1) is 17.6. The summed E-state index contributed by atoms with van der Waals surface area (Å²) in [4.78, 5) is 29.9. The number of likely N-dealkylation sites (N-methyl/N-ethyl adjacent to an activating group) is 1. The van der Waals surface area contributed by atoms with Crippen LogP contribution in [-0.2, 0) is 14.3 Å². The van der Waals surface area contributed by atoms with Crippen LogP contribution in [0, 0.1) is 0 Å². The molecule has 0 bridgehead atoms. The molecule has 13 heteroatoms. The molecule has 1 saturated heterocycles. The van der Waals surface area contributed by atoms with Crippen LogP contribution in [0.3, 0.4) is 0 Å². The van der Waals surface area contributed by atoms with E-state index in [0.29, 0.717) is 18.1 Å². The van der Waals surface area contributed by atoms with Crippen LogP contribution < -0.4 is 10.6 Å². The second-order valence-electron chi connectivity index (χ2n) is 8.78. The molecular weight excluding hydrogens is 509 g/mol. The van der Waals surface area contributed by atoms with E-state index in [9.17, 15) is 22.8 Å². The van der Waals surface area contributed by atoms with Crippen molar-refractivity contribution < 1.29 is 27.5 Å². The predicted molar refractivity (Wildman–Crippen MR) is 132 cm³/mol. The van der Waals surface area contributed by atoms with Crippen molar-refractivity contribution in [2.24, 2.45) is 0 Å². The molecule has 1 fully saturated rings. The van der Waals surface area contributed by atoms with Gasteiger partial charge in [-0.3, -0.25) is 24.5 Å². The number of anilines is 1. The zero-order valence-electron chi connectivity index (χ0n) is 20.3. The first kappa shape index (κ1) is 26.9. The maximum atomic E-state index is 13.0. The standard InChI is InChI=1S/C24H27F3N6O3S/c1-15(33-12-10-32(2)11-13-33)20(34)28-18-14-17(8-9-19(18)36-24(25,26)27)21(35)29-23-31-30-22(37-23)16-6-4-3-5-7-16/h3-8,14-15,19H,9-13H2,1-2H3,(H,28,34)(H,29,31,35). The summed E-state index contributed by atoms with van der Waals surface area (Å²) in [5, 5.41) is 14.1. The normalized spacial score (nSPS) is 20.1. The highest BCUT2D eigenvalue weighted by atomic mass is 32.1. The lowest BCUT2D eigenvalue weighted by Crippen LogP contribution is -2.53. The van der Waals surface area contributed by atoms with Gasteiger partial charge in [0.05, 0.1) is 6.04 Å². The van der Waals surface area contributed by atoms with Gasteiger partial charge in [0.1, 0.15) is 11.1 Å². The molecule has 2 aliphatic rings. The van der Waals surface area contributed by atoms with Crippen molar-refractivity contribution in [2.75, 3.05) is 38.5 Å². The largest absolute Gasteiger partial charge is 0.523 e. The van der Waals surface area contributed by atoms with E-state index in [1.165, 1.54) is 12.2 Å². The van der Waals surface area contributed by atoms with Gasteiger partial charge in [0.25, 0.3) is 5.91 Å². The second kappa shape index (κ2) is 11.5. The minimum Gasteiger partial charge on any atom is -0.326 e. The first-order valence-electron chi connectivity index (χ1n) is 11.7. The lowest BCUT2D eigenvalue weighted by molar-refractivity contribution is -0.337. The topological polar surface area (TPSA) is 99.7 Å².